The van der Waals surface area contributed by atoms with Crippen molar-refractivity contribution in [2.24, 2.45) is 7.05 Å². The zero-order valence-electron chi connectivity index (χ0n) is 13.5. The number of carbonyl (C=O) groups is 1. The molecule has 0 aliphatic carbocycles. The number of alkyl halides is 3. The average Bonchev–Trinajstić information content (AvgIpc) is 2.86. The van der Waals surface area contributed by atoms with Crippen molar-refractivity contribution in [2.45, 2.75) is 6.18 Å². The summed E-state index contributed by atoms with van der Waals surface area (Å²) in [4.78, 5) is 23.5. The lowest BCUT2D eigenvalue weighted by molar-refractivity contribution is -0.137. The smallest absolute Gasteiger partial charge is 0.416 e. The number of nitrogens with one attached hydrogen (secondary N) is 1. The van der Waals surface area contributed by atoms with Gasteiger partial charge in [0.15, 0.2) is 6.61 Å². The number of halogens is 3. The van der Waals surface area contributed by atoms with Gasteiger partial charge in [0.1, 0.15) is 5.75 Å². The highest BCUT2D eigenvalue weighted by molar-refractivity contribution is 7.16. The third-order valence-electron chi connectivity index (χ3n) is 3.61. The van der Waals surface area contributed by atoms with Crippen LogP contribution in [0.1, 0.15) is 5.56 Å². The standard InChI is InChI=1S/C17H13F3N2O3S/c1-22-13-6-5-11(8-14(13)26-16(22)24)21-15(23)9-25-12-4-2-3-10(7-12)17(18,19)20/h2-8H,9H2,1H3,(H,21,23). The van der Waals surface area contributed by atoms with E-state index >= 15 is 0 Å². The van der Waals surface area contributed by atoms with Crippen LogP contribution < -0.4 is 14.9 Å². The van der Waals surface area contributed by atoms with Crippen molar-refractivity contribution in [3.05, 3.63) is 57.7 Å². The average molecular weight is 382 g/mol. The third-order valence-corrected chi connectivity index (χ3v) is 4.60. The minimum absolute atomic E-state index is 0.0493. The van der Waals surface area contributed by atoms with Gasteiger partial charge in [-0.2, -0.15) is 13.2 Å². The van der Waals surface area contributed by atoms with Crippen molar-refractivity contribution >= 4 is 33.1 Å². The SMILES string of the molecule is Cn1c(=O)sc2cc(NC(=O)COc3cccc(C(F)(F)F)c3)ccc21. The van der Waals surface area contributed by atoms with Gasteiger partial charge in [-0.25, -0.2) is 0 Å². The summed E-state index contributed by atoms with van der Waals surface area (Å²) in [6.07, 6.45) is -4.48. The van der Waals surface area contributed by atoms with E-state index in [0.29, 0.717) is 10.4 Å². The summed E-state index contributed by atoms with van der Waals surface area (Å²) < 4.78 is 45.3. The number of aryl methyl sites for hydroxylation is 1. The molecule has 0 fully saturated rings. The number of benzene rings is 2. The Hall–Kier alpha value is -2.81. The summed E-state index contributed by atoms with van der Waals surface area (Å²) in [5.74, 6) is -0.572. The van der Waals surface area contributed by atoms with E-state index in [0.717, 1.165) is 29.0 Å². The molecule has 1 amide bonds. The fourth-order valence-corrected chi connectivity index (χ4v) is 3.24. The summed E-state index contributed by atoms with van der Waals surface area (Å²) >= 11 is 1.05. The van der Waals surface area contributed by atoms with Gasteiger partial charge in [0.2, 0.25) is 0 Å². The first-order valence-electron chi connectivity index (χ1n) is 7.43. The maximum Gasteiger partial charge on any atom is 0.416 e. The van der Waals surface area contributed by atoms with E-state index in [2.05, 4.69) is 5.32 Å². The van der Waals surface area contributed by atoms with Crippen LogP contribution in [0.5, 0.6) is 5.75 Å². The summed E-state index contributed by atoms with van der Waals surface area (Å²) in [5.41, 5.74) is 0.370. The maximum atomic E-state index is 12.7. The van der Waals surface area contributed by atoms with E-state index in [1.165, 1.54) is 16.7 Å². The Bertz CT molecular complexity index is 1020. The quantitative estimate of drug-likeness (QED) is 0.750. The number of anilines is 1. The molecule has 0 saturated carbocycles. The molecule has 0 aliphatic heterocycles. The molecule has 0 unspecified atom stereocenters. The number of nitrogens with zero attached hydrogens (tertiary/aromatic N) is 1. The van der Waals surface area contributed by atoms with Crippen LogP contribution in [0.2, 0.25) is 0 Å². The Balaban J connectivity index is 1.65. The fraction of sp³-hybridized carbons (Fsp3) is 0.176. The number of hydrogen-bond acceptors (Lipinski definition) is 4. The molecule has 26 heavy (non-hydrogen) atoms. The lowest BCUT2D eigenvalue weighted by atomic mass is 10.2. The van der Waals surface area contributed by atoms with Crippen LogP contribution in [0.4, 0.5) is 18.9 Å². The van der Waals surface area contributed by atoms with Crippen molar-refractivity contribution in [3.8, 4) is 5.75 Å². The summed E-state index contributed by atoms with van der Waals surface area (Å²) in [7, 11) is 1.66. The first-order valence-corrected chi connectivity index (χ1v) is 8.25. The zero-order valence-corrected chi connectivity index (χ0v) is 14.3. The Labute approximate surface area is 149 Å². The van der Waals surface area contributed by atoms with E-state index in [9.17, 15) is 22.8 Å². The number of fused-ring (bicyclic) bond motifs is 1. The number of ether oxygens (including phenoxy) is 1. The van der Waals surface area contributed by atoms with Crippen molar-refractivity contribution in [2.75, 3.05) is 11.9 Å². The molecule has 0 spiro atoms. The molecule has 3 aromatic rings. The monoisotopic (exact) mass is 382 g/mol. The Morgan fingerprint density at radius 2 is 2.00 bits per heavy atom. The predicted octanol–water partition coefficient (Wildman–Crippen LogP) is 3.64. The van der Waals surface area contributed by atoms with Crippen LogP contribution in [0.3, 0.4) is 0 Å². The molecule has 2 aromatic carbocycles. The molecule has 0 bridgehead atoms. The second-order valence-corrected chi connectivity index (χ2v) is 6.47. The minimum Gasteiger partial charge on any atom is -0.484 e. The van der Waals surface area contributed by atoms with Crippen molar-refractivity contribution in [3.63, 3.8) is 0 Å². The Morgan fingerprint density at radius 3 is 2.73 bits per heavy atom. The van der Waals surface area contributed by atoms with Crippen molar-refractivity contribution in [1.82, 2.24) is 4.57 Å². The van der Waals surface area contributed by atoms with Crippen molar-refractivity contribution in [1.29, 1.82) is 0 Å². The summed E-state index contributed by atoms with van der Waals surface area (Å²) in [5, 5.41) is 2.59. The van der Waals surface area contributed by atoms with Crippen LogP contribution in [-0.4, -0.2) is 17.1 Å². The van der Waals surface area contributed by atoms with Crippen molar-refractivity contribution < 1.29 is 22.7 Å². The largest absolute Gasteiger partial charge is 0.484 e. The van der Waals surface area contributed by atoms with Gasteiger partial charge >= 0.3 is 11.0 Å². The molecular weight excluding hydrogens is 369 g/mol. The number of rotatable bonds is 4. The van der Waals surface area contributed by atoms with Gasteiger partial charge in [-0.3, -0.25) is 9.59 Å². The topological polar surface area (TPSA) is 60.3 Å². The van der Waals surface area contributed by atoms with Gasteiger partial charge < -0.3 is 14.6 Å². The van der Waals surface area contributed by atoms with Crippen LogP contribution in [0.25, 0.3) is 10.2 Å². The molecule has 3 rings (SSSR count). The van der Waals surface area contributed by atoms with Crippen LogP contribution in [-0.2, 0) is 18.0 Å². The molecule has 0 radical (unpaired) electrons. The highest BCUT2D eigenvalue weighted by atomic mass is 32.1. The van der Waals surface area contributed by atoms with E-state index in [1.54, 1.807) is 25.2 Å². The van der Waals surface area contributed by atoms with Crippen LogP contribution in [0, 0.1) is 0 Å². The number of hydrogen-bond donors (Lipinski definition) is 1. The van der Waals surface area contributed by atoms with Gasteiger partial charge in [-0.05, 0) is 36.4 Å². The first kappa shape index (κ1) is 18.0. The summed E-state index contributed by atoms with van der Waals surface area (Å²) in [6.45, 7) is -0.440. The van der Waals surface area contributed by atoms with E-state index in [-0.39, 0.29) is 10.6 Å². The van der Waals surface area contributed by atoms with Gasteiger partial charge in [-0.1, -0.05) is 17.4 Å². The van der Waals surface area contributed by atoms with Gasteiger partial charge in [-0.15, -0.1) is 0 Å². The minimum atomic E-state index is -4.48. The third kappa shape index (κ3) is 3.88. The fourth-order valence-electron chi connectivity index (χ4n) is 2.32. The molecule has 0 saturated heterocycles. The Kier molecular flexibility index (Phi) is 4.73. The van der Waals surface area contributed by atoms with Crippen LogP contribution >= 0.6 is 11.3 Å². The van der Waals surface area contributed by atoms with E-state index < -0.39 is 24.3 Å². The molecule has 1 aromatic heterocycles. The number of amides is 1. The van der Waals surface area contributed by atoms with Crippen LogP contribution in [0.15, 0.2) is 47.3 Å². The zero-order chi connectivity index (χ0) is 18.9. The van der Waals surface area contributed by atoms with Gasteiger partial charge in [0.25, 0.3) is 5.91 Å². The van der Waals surface area contributed by atoms with E-state index in [4.69, 9.17) is 4.74 Å². The predicted molar refractivity (Wildman–Crippen MR) is 92.6 cm³/mol. The van der Waals surface area contributed by atoms with E-state index in [1.807, 2.05) is 0 Å². The molecule has 0 atom stereocenters. The summed E-state index contributed by atoms with van der Waals surface area (Å²) in [6, 6.07) is 9.31. The second-order valence-electron chi connectivity index (χ2n) is 5.47. The lowest BCUT2D eigenvalue weighted by Gasteiger charge is -2.10. The molecule has 0 aliphatic rings. The maximum absolute atomic E-state index is 12.7. The number of carbonyl (C=O) groups excluding carboxylic acids is 1. The van der Waals surface area contributed by atoms with Gasteiger partial charge in [0.05, 0.1) is 15.8 Å². The molecule has 1 heterocycles. The van der Waals surface area contributed by atoms with Gasteiger partial charge in [0, 0.05) is 12.7 Å². The molecule has 136 valence electrons. The number of aromatic nitrogens is 1. The number of thiazole rings is 1. The highest BCUT2D eigenvalue weighted by Crippen LogP contribution is 2.31. The Morgan fingerprint density at radius 1 is 1.23 bits per heavy atom. The molecule has 1 N–H and O–H groups in total. The lowest BCUT2D eigenvalue weighted by Crippen LogP contribution is -2.20. The molecular formula is C17H13F3N2O3S. The second kappa shape index (κ2) is 6.83. The molecule has 9 heteroatoms. The normalized spacial score (nSPS) is 11.5. The molecule has 5 nitrogen and oxygen atoms in total. The first-order chi connectivity index (χ1) is 12.2. The highest BCUT2D eigenvalue weighted by Gasteiger charge is 2.30.